The summed E-state index contributed by atoms with van der Waals surface area (Å²) >= 11 is 0. The molecular formula is C19H15F2N5O. The van der Waals surface area contributed by atoms with Crippen molar-refractivity contribution in [2.24, 2.45) is 0 Å². The molecule has 1 fully saturated rings. The number of nitrogens with zero attached hydrogens (tertiary/aromatic N) is 4. The van der Waals surface area contributed by atoms with Crippen LogP contribution >= 0.6 is 0 Å². The SMILES string of the molecule is O=c1cc(Cn2ccnc3nc(C4CCC4)nc2-3)c2ccc(F)c(F)c2[nH]1. The van der Waals surface area contributed by atoms with Crippen LogP contribution in [0.15, 0.2) is 35.4 Å². The van der Waals surface area contributed by atoms with Gasteiger partial charge >= 0.3 is 0 Å². The zero-order chi connectivity index (χ0) is 18.5. The number of aromatic amines is 1. The second kappa shape index (κ2) is 5.94. The molecule has 1 saturated carbocycles. The highest BCUT2D eigenvalue weighted by molar-refractivity contribution is 5.82. The molecular weight excluding hydrogens is 352 g/mol. The third-order valence-corrected chi connectivity index (χ3v) is 5.16. The van der Waals surface area contributed by atoms with Gasteiger partial charge in [0.2, 0.25) is 5.56 Å². The van der Waals surface area contributed by atoms with E-state index in [1.807, 2.05) is 4.57 Å². The fraction of sp³-hybridized carbons (Fsp3) is 0.263. The smallest absolute Gasteiger partial charge is 0.248 e. The zero-order valence-corrected chi connectivity index (χ0v) is 14.2. The number of rotatable bonds is 3. The molecule has 1 aliphatic carbocycles. The minimum Gasteiger partial charge on any atom is -0.324 e. The molecule has 2 aliphatic heterocycles. The van der Waals surface area contributed by atoms with E-state index in [0.717, 1.165) is 24.7 Å². The lowest BCUT2D eigenvalue weighted by atomic mass is 9.85. The van der Waals surface area contributed by atoms with E-state index in [0.29, 0.717) is 28.5 Å². The highest BCUT2D eigenvalue weighted by Crippen LogP contribution is 2.36. The highest BCUT2D eigenvalue weighted by Gasteiger charge is 2.26. The Bertz CT molecular complexity index is 1190. The standard InChI is InChI=1S/C19H15F2N5O/c20-13-5-4-12-11(8-14(27)23-16(12)15(13)21)9-26-7-6-22-18-19(26)25-17(24-18)10-2-1-3-10/h4-8,10H,1-3,9H2,(H,23,27). The maximum absolute atomic E-state index is 14.1. The lowest BCUT2D eigenvalue weighted by molar-refractivity contribution is 0.404. The number of hydrogen-bond donors (Lipinski definition) is 1. The van der Waals surface area contributed by atoms with Crippen molar-refractivity contribution in [3.05, 3.63) is 64.0 Å². The van der Waals surface area contributed by atoms with E-state index in [4.69, 9.17) is 0 Å². The van der Waals surface area contributed by atoms with E-state index in [2.05, 4.69) is 19.9 Å². The Labute approximate surface area is 152 Å². The van der Waals surface area contributed by atoms with E-state index in [9.17, 15) is 13.6 Å². The van der Waals surface area contributed by atoms with Crippen molar-refractivity contribution in [2.75, 3.05) is 0 Å². The normalized spacial score (nSPS) is 14.7. The zero-order valence-electron chi connectivity index (χ0n) is 14.2. The molecule has 0 saturated heterocycles. The quantitative estimate of drug-likeness (QED) is 0.603. The average Bonchev–Trinajstić information content (AvgIpc) is 3.01. The molecule has 1 N–H and O–H groups in total. The predicted molar refractivity (Wildman–Crippen MR) is 94.6 cm³/mol. The van der Waals surface area contributed by atoms with Gasteiger partial charge in [0.15, 0.2) is 23.3 Å². The van der Waals surface area contributed by atoms with Crippen LogP contribution in [-0.4, -0.2) is 24.5 Å². The van der Waals surface area contributed by atoms with Crippen molar-refractivity contribution < 1.29 is 8.78 Å². The topological polar surface area (TPSA) is 76.5 Å². The molecule has 136 valence electrons. The van der Waals surface area contributed by atoms with E-state index < -0.39 is 17.2 Å². The van der Waals surface area contributed by atoms with Crippen molar-refractivity contribution in [2.45, 2.75) is 31.7 Å². The van der Waals surface area contributed by atoms with Crippen LogP contribution in [0, 0.1) is 11.6 Å². The van der Waals surface area contributed by atoms with Crippen molar-refractivity contribution in [1.29, 1.82) is 0 Å². The van der Waals surface area contributed by atoms with Crippen LogP contribution in [0.2, 0.25) is 0 Å². The first-order valence-corrected chi connectivity index (χ1v) is 8.79. The second-order valence-corrected chi connectivity index (χ2v) is 6.85. The molecule has 3 aliphatic rings. The number of imidazole rings is 1. The molecule has 27 heavy (non-hydrogen) atoms. The number of nitrogens with one attached hydrogen (secondary N) is 1. The Morgan fingerprint density at radius 2 is 2.07 bits per heavy atom. The molecule has 0 unspecified atom stereocenters. The van der Waals surface area contributed by atoms with Crippen molar-refractivity contribution in [1.82, 2.24) is 24.5 Å². The van der Waals surface area contributed by atoms with Crippen molar-refractivity contribution in [3.8, 4) is 11.6 Å². The van der Waals surface area contributed by atoms with Crippen LogP contribution in [0.25, 0.3) is 22.6 Å². The maximum Gasteiger partial charge on any atom is 0.248 e. The van der Waals surface area contributed by atoms with Crippen LogP contribution in [0.4, 0.5) is 8.78 Å². The number of fused-ring (bicyclic) bond motifs is 2. The fourth-order valence-corrected chi connectivity index (χ4v) is 3.50. The van der Waals surface area contributed by atoms with Gasteiger partial charge in [0.1, 0.15) is 5.82 Å². The van der Waals surface area contributed by atoms with Gasteiger partial charge < -0.3 is 9.55 Å². The first-order chi connectivity index (χ1) is 13.1. The number of benzene rings is 1. The molecule has 0 bridgehead atoms. The van der Waals surface area contributed by atoms with Crippen molar-refractivity contribution >= 4 is 10.9 Å². The van der Waals surface area contributed by atoms with Gasteiger partial charge in [0.25, 0.3) is 0 Å². The molecule has 6 nitrogen and oxygen atoms in total. The van der Waals surface area contributed by atoms with Crippen LogP contribution < -0.4 is 5.56 Å². The first kappa shape index (κ1) is 16.0. The molecule has 1 aromatic carbocycles. The number of halogens is 2. The largest absolute Gasteiger partial charge is 0.324 e. The monoisotopic (exact) mass is 367 g/mol. The molecule has 3 heterocycles. The molecule has 5 rings (SSSR count). The molecule has 0 radical (unpaired) electrons. The van der Waals surface area contributed by atoms with E-state index >= 15 is 0 Å². The Morgan fingerprint density at radius 1 is 1.22 bits per heavy atom. The average molecular weight is 367 g/mol. The summed E-state index contributed by atoms with van der Waals surface area (Å²) in [5, 5.41) is 0.449. The van der Waals surface area contributed by atoms with Gasteiger partial charge in [-0.15, -0.1) is 0 Å². The summed E-state index contributed by atoms with van der Waals surface area (Å²) in [4.78, 5) is 27.8. The van der Waals surface area contributed by atoms with Gasteiger partial charge in [-0.25, -0.2) is 23.7 Å². The lowest BCUT2D eigenvalue weighted by Gasteiger charge is -2.21. The van der Waals surface area contributed by atoms with Gasteiger partial charge in [-0.3, -0.25) is 4.79 Å². The number of pyridine rings is 1. The Morgan fingerprint density at radius 3 is 2.85 bits per heavy atom. The molecule has 2 aromatic rings. The number of aromatic nitrogens is 5. The molecule has 8 heteroatoms. The van der Waals surface area contributed by atoms with Gasteiger partial charge in [-0.2, -0.15) is 0 Å². The predicted octanol–water partition coefficient (Wildman–Crippen LogP) is 3.21. The summed E-state index contributed by atoms with van der Waals surface area (Å²) in [7, 11) is 0. The van der Waals surface area contributed by atoms with Crippen molar-refractivity contribution in [3.63, 3.8) is 0 Å². The fourth-order valence-electron chi connectivity index (χ4n) is 3.50. The Hall–Kier alpha value is -3.16. The minimum atomic E-state index is -1.06. The maximum atomic E-state index is 14.1. The van der Waals surface area contributed by atoms with E-state index in [1.54, 1.807) is 12.4 Å². The molecule has 0 amide bonds. The third kappa shape index (κ3) is 2.59. The van der Waals surface area contributed by atoms with Crippen LogP contribution in [0.3, 0.4) is 0 Å². The van der Waals surface area contributed by atoms with Gasteiger partial charge in [-0.1, -0.05) is 6.42 Å². The third-order valence-electron chi connectivity index (χ3n) is 5.16. The van der Waals surface area contributed by atoms with E-state index in [-0.39, 0.29) is 12.1 Å². The van der Waals surface area contributed by atoms with Crippen LogP contribution in [0.1, 0.15) is 36.6 Å². The van der Waals surface area contributed by atoms with Gasteiger partial charge in [0, 0.05) is 29.8 Å². The Kier molecular flexibility index (Phi) is 3.53. The summed E-state index contributed by atoms with van der Waals surface area (Å²) in [5.74, 6) is 0.289. The summed E-state index contributed by atoms with van der Waals surface area (Å²) in [6, 6.07) is 3.92. The van der Waals surface area contributed by atoms with Gasteiger partial charge in [0.05, 0.1) is 12.1 Å². The minimum absolute atomic E-state index is 0.132. The summed E-state index contributed by atoms with van der Waals surface area (Å²) in [5.41, 5.74) is -0.0536. The molecule has 0 atom stereocenters. The highest BCUT2D eigenvalue weighted by atomic mass is 19.2. The summed E-state index contributed by atoms with van der Waals surface area (Å²) in [6.07, 6.45) is 6.72. The first-order valence-electron chi connectivity index (χ1n) is 8.79. The second-order valence-electron chi connectivity index (χ2n) is 6.85. The van der Waals surface area contributed by atoms with Crippen LogP contribution in [-0.2, 0) is 6.54 Å². The summed E-state index contributed by atoms with van der Waals surface area (Å²) < 4.78 is 29.5. The number of hydrogen-bond acceptors (Lipinski definition) is 4. The van der Waals surface area contributed by atoms with E-state index in [1.165, 1.54) is 18.6 Å². The molecule has 0 spiro atoms. The number of H-pyrrole nitrogens is 1. The van der Waals surface area contributed by atoms with Gasteiger partial charge in [-0.05, 0) is 30.5 Å². The summed E-state index contributed by atoms with van der Waals surface area (Å²) in [6.45, 7) is 0.271. The molecule has 1 aromatic heterocycles. The Balaban J connectivity index is 1.62. The van der Waals surface area contributed by atoms with Crippen LogP contribution in [0.5, 0.6) is 0 Å². The lowest BCUT2D eigenvalue weighted by Crippen LogP contribution is -2.12.